The number of aryl methyl sites for hydroxylation is 1. The average molecular weight is 359 g/mol. The van der Waals surface area contributed by atoms with E-state index in [4.69, 9.17) is 4.74 Å². The molecule has 0 aliphatic rings. The molecule has 0 saturated carbocycles. The third kappa shape index (κ3) is 4.38. The second-order valence-corrected chi connectivity index (χ2v) is 5.30. The van der Waals surface area contributed by atoms with Crippen molar-refractivity contribution < 1.29 is 24.2 Å². The van der Waals surface area contributed by atoms with Crippen LogP contribution in [0.4, 0.5) is 17.1 Å². The number of carbonyl (C=O) groups excluding carboxylic acids is 2. The van der Waals surface area contributed by atoms with Gasteiger partial charge in [0.2, 0.25) is 0 Å². The van der Waals surface area contributed by atoms with Gasteiger partial charge in [-0.05, 0) is 24.6 Å². The van der Waals surface area contributed by atoms with Crippen molar-refractivity contribution in [2.75, 3.05) is 5.32 Å². The molecular formula is C16H13N3O7. The van der Waals surface area contributed by atoms with Crippen LogP contribution in [0.2, 0.25) is 0 Å². The molecule has 0 heterocycles. The fraction of sp³-hybridized carbons (Fsp3) is 0.125. The molecule has 0 atom stereocenters. The van der Waals surface area contributed by atoms with Gasteiger partial charge in [0, 0.05) is 19.1 Å². The zero-order valence-corrected chi connectivity index (χ0v) is 13.7. The molecule has 0 saturated heterocycles. The smallest absolute Gasteiger partial charge is 0.308 e. The van der Waals surface area contributed by atoms with Gasteiger partial charge in [0.25, 0.3) is 17.3 Å². The highest BCUT2D eigenvalue weighted by molar-refractivity contribution is 6.06. The van der Waals surface area contributed by atoms with E-state index in [0.717, 1.165) is 23.8 Å². The quantitative estimate of drug-likeness (QED) is 0.374. The van der Waals surface area contributed by atoms with Gasteiger partial charge in [-0.1, -0.05) is 6.07 Å². The van der Waals surface area contributed by atoms with E-state index < -0.39 is 33.1 Å². The van der Waals surface area contributed by atoms with Crippen molar-refractivity contribution in [1.82, 2.24) is 0 Å². The standard InChI is InChI=1S/C16H13N3O7/c1-9-3-4-14(15(5-9)26-10(2)20)17-16(21)11-6-12(18(22)23)8-13(7-11)19(24)25/h3-8H,1-2H3,(H,17,21). The lowest BCUT2D eigenvalue weighted by Crippen LogP contribution is -2.14. The predicted octanol–water partition coefficient (Wildman–Crippen LogP) is 2.99. The second-order valence-electron chi connectivity index (χ2n) is 5.30. The minimum atomic E-state index is -0.833. The molecule has 10 nitrogen and oxygen atoms in total. The highest BCUT2D eigenvalue weighted by Crippen LogP contribution is 2.28. The number of ether oxygens (including phenoxy) is 1. The Morgan fingerprint density at radius 2 is 1.58 bits per heavy atom. The van der Waals surface area contributed by atoms with Crippen molar-refractivity contribution in [3.05, 3.63) is 67.8 Å². The van der Waals surface area contributed by atoms with Gasteiger partial charge in [-0.15, -0.1) is 0 Å². The molecule has 2 rings (SSSR count). The minimum absolute atomic E-state index is 0.0887. The summed E-state index contributed by atoms with van der Waals surface area (Å²) in [7, 11) is 0. The first kappa shape index (κ1) is 18.5. The molecule has 0 fully saturated rings. The van der Waals surface area contributed by atoms with E-state index in [2.05, 4.69) is 5.32 Å². The van der Waals surface area contributed by atoms with E-state index >= 15 is 0 Å². The number of esters is 1. The van der Waals surface area contributed by atoms with Crippen LogP contribution < -0.4 is 10.1 Å². The molecule has 1 N–H and O–H groups in total. The lowest BCUT2D eigenvalue weighted by atomic mass is 10.1. The minimum Gasteiger partial charge on any atom is -0.424 e. The van der Waals surface area contributed by atoms with Gasteiger partial charge in [-0.25, -0.2) is 0 Å². The lowest BCUT2D eigenvalue weighted by Gasteiger charge is -2.11. The first-order valence-corrected chi connectivity index (χ1v) is 7.21. The van der Waals surface area contributed by atoms with Crippen molar-refractivity contribution in [2.45, 2.75) is 13.8 Å². The van der Waals surface area contributed by atoms with E-state index in [9.17, 15) is 29.8 Å². The molecule has 134 valence electrons. The van der Waals surface area contributed by atoms with Crippen molar-refractivity contribution in [2.24, 2.45) is 0 Å². The van der Waals surface area contributed by atoms with Crippen LogP contribution in [0.25, 0.3) is 0 Å². The Morgan fingerprint density at radius 1 is 1.00 bits per heavy atom. The summed E-state index contributed by atoms with van der Waals surface area (Å²) in [6, 6.07) is 7.25. The third-order valence-electron chi connectivity index (χ3n) is 3.23. The first-order chi connectivity index (χ1) is 12.2. The molecule has 2 aromatic rings. The maximum Gasteiger partial charge on any atom is 0.308 e. The molecule has 0 unspecified atom stereocenters. The molecular weight excluding hydrogens is 346 g/mol. The highest BCUT2D eigenvalue weighted by atomic mass is 16.6. The molecule has 0 aliphatic carbocycles. The Bertz CT molecular complexity index is 892. The zero-order chi connectivity index (χ0) is 19.4. The number of non-ortho nitro benzene ring substituents is 2. The summed E-state index contributed by atoms with van der Waals surface area (Å²) < 4.78 is 5.02. The first-order valence-electron chi connectivity index (χ1n) is 7.21. The van der Waals surface area contributed by atoms with Gasteiger partial charge in [-0.2, -0.15) is 0 Å². The number of nitrogens with one attached hydrogen (secondary N) is 1. The number of nitrogens with zero attached hydrogens (tertiary/aromatic N) is 2. The summed E-state index contributed by atoms with van der Waals surface area (Å²) in [5, 5.41) is 24.3. The van der Waals surface area contributed by atoms with Crippen LogP contribution in [-0.4, -0.2) is 21.7 Å². The molecule has 0 aliphatic heterocycles. The number of anilines is 1. The maximum absolute atomic E-state index is 12.4. The average Bonchev–Trinajstić information content (AvgIpc) is 2.56. The Morgan fingerprint density at radius 3 is 2.08 bits per heavy atom. The van der Waals surface area contributed by atoms with Crippen LogP contribution in [0, 0.1) is 27.2 Å². The van der Waals surface area contributed by atoms with E-state index in [1.165, 1.54) is 19.1 Å². The van der Waals surface area contributed by atoms with E-state index in [1.807, 2.05) is 0 Å². The summed E-state index contributed by atoms with van der Waals surface area (Å²) >= 11 is 0. The fourth-order valence-corrected chi connectivity index (χ4v) is 2.10. The number of rotatable bonds is 5. The number of hydrogen-bond acceptors (Lipinski definition) is 7. The van der Waals surface area contributed by atoms with Crippen LogP contribution in [0.3, 0.4) is 0 Å². The van der Waals surface area contributed by atoms with Crippen LogP contribution in [0.15, 0.2) is 36.4 Å². The van der Waals surface area contributed by atoms with Gasteiger partial charge in [0.15, 0.2) is 5.75 Å². The number of hydrogen-bond donors (Lipinski definition) is 1. The van der Waals surface area contributed by atoms with E-state index in [-0.39, 0.29) is 17.0 Å². The van der Waals surface area contributed by atoms with E-state index in [1.54, 1.807) is 13.0 Å². The van der Waals surface area contributed by atoms with Crippen LogP contribution in [-0.2, 0) is 4.79 Å². The highest BCUT2D eigenvalue weighted by Gasteiger charge is 2.21. The maximum atomic E-state index is 12.4. The number of benzene rings is 2. The van der Waals surface area contributed by atoms with Crippen LogP contribution in [0.1, 0.15) is 22.8 Å². The topological polar surface area (TPSA) is 142 Å². The number of amides is 1. The molecule has 10 heteroatoms. The van der Waals surface area contributed by atoms with Crippen molar-refractivity contribution in [3.8, 4) is 5.75 Å². The van der Waals surface area contributed by atoms with Gasteiger partial charge >= 0.3 is 5.97 Å². The molecule has 0 spiro atoms. The van der Waals surface area contributed by atoms with Crippen LogP contribution >= 0.6 is 0 Å². The normalized spacial score (nSPS) is 10.1. The predicted molar refractivity (Wildman–Crippen MR) is 90.2 cm³/mol. The molecule has 0 bridgehead atoms. The fourth-order valence-electron chi connectivity index (χ4n) is 2.10. The molecule has 26 heavy (non-hydrogen) atoms. The summed E-state index contributed by atoms with van der Waals surface area (Å²) in [6.45, 7) is 2.94. The van der Waals surface area contributed by atoms with Gasteiger partial charge in [0.05, 0.1) is 27.2 Å². The molecule has 0 radical (unpaired) electrons. The Hall–Kier alpha value is -3.82. The second kappa shape index (κ2) is 7.38. The zero-order valence-electron chi connectivity index (χ0n) is 13.7. The Balaban J connectivity index is 2.40. The molecule has 2 aromatic carbocycles. The summed E-state index contributed by atoms with van der Waals surface area (Å²) in [5.74, 6) is -1.34. The number of carbonyl (C=O) groups is 2. The Labute approximate surface area is 146 Å². The lowest BCUT2D eigenvalue weighted by molar-refractivity contribution is -0.394. The monoisotopic (exact) mass is 359 g/mol. The summed E-state index contributed by atoms with van der Waals surface area (Å²) in [5.41, 5.74) is -0.544. The summed E-state index contributed by atoms with van der Waals surface area (Å²) in [4.78, 5) is 43.7. The molecule has 1 amide bonds. The third-order valence-corrected chi connectivity index (χ3v) is 3.23. The van der Waals surface area contributed by atoms with Gasteiger partial charge < -0.3 is 10.1 Å². The number of nitro groups is 2. The van der Waals surface area contributed by atoms with Crippen molar-refractivity contribution in [3.63, 3.8) is 0 Å². The van der Waals surface area contributed by atoms with Gasteiger partial charge in [-0.3, -0.25) is 29.8 Å². The largest absolute Gasteiger partial charge is 0.424 e. The van der Waals surface area contributed by atoms with Crippen molar-refractivity contribution in [1.29, 1.82) is 0 Å². The summed E-state index contributed by atoms with van der Waals surface area (Å²) in [6.07, 6.45) is 0. The van der Waals surface area contributed by atoms with Gasteiger partial charge in [0.1, 0.15) is 0 Å². The Kier molecular flexibility index (Phi) is 5.26. The molecule has 0 aromatic heterocycles. The SMILES string of the molecule is CC(=O)Oc1cc(C)ccc1NC(=O)c1cc([N+](=O)[O-])cc([N+](=O)[O-])c1. The van der Waals surface area contributed by atoms with E-state index in [0.29, 0.717) is 0 Å². The van der Waals surface area contributed by atoms with Crippen LogP contribution in [0.5, 0.6) is 5.75 Å². The number of nitro benzene ring substituents is 2. The van der Waals surface area contributed by atoms with Crippen molar-refractivity contribution >= 4 is 28.9 Å².